The number of benzene rings is 2. The van der Waals surface area contributed by atoms with E-state index in [2.05, 4.69) is 0 Å². The molecular weight excluding hydrogens is 331 g/mol. The Kier molecular flexibility index (Phi) is 4.35. The second-order valence-electron chi connectivity index (χ2n) is 6.30. The molecule has 0 saturated carbocycles. The summed E-state index contributed by atoms with van der Waals surface area (Å²) in [6.07, 6.45) is 0. The summed E-state index contributed by atoms with van der Waals surface area (Å²) >= 11 is 0. The molecule has 0 N–H and O–H groups in total. The molecule has 1 aliphatic heterocycles. The van der Waals surface area contributed by atoms with Gasteiger partial charge < -0.3 is 19.0 Å². The van der Waals surface area contributed by atoms with Gasteiger partial charge in [0.25, 0.3) is 0 Å². The van der Waals surface area contributed by atoms with Gasteiger partial charge in [0.2, 0.25) is 0 Å². The summed E-state index contributed by atoms with van der Waals surface area (Å²) < 4.78 is 16.6. The van der Waals surface area contributed by atoms with Crippen LogP contribution >= 0.6 is 0 Å². The molecule has 6 heteroatoms. The summed E-state index contributed by atoms with van der Waals surface area (Å²) in [5.41, 5.74) is 1.73. The Morgan fingerprint density at radius 3 is 2.56 bits per heavy atom. The number of hydrogen-bond donors (Lipinski definition) is 0. The third kappa shape index (κ3) is 2.82. The second kappa shape index (κ2) is 6.09. The van der Waals surface area contributed by atoms with Crippen LogP contribution in [0.4, 0.5) is 0 Å². The fourth-order valence-corrected chi connectivity index (χ4v) is 3.17. The van der Waals surface area contributed by atoms with Crippen LogP contribution in [0.5, 0.6) is 17.2 Å². The van der Waals surface area contributed by atoms with Crippen molar-refractivity contribution in [3.8, 4) is 28.4 Å². The SMILES string of the molecule is COc1ccc2c(c1)C(C)(C)Oc1cc3oc(=O)cc([O-])c3cc1-2.[Na+]. The Morgan fingerprint density at radius 2 is 1.84 bits per heavy atom. The minimum Gasteiger partial charge on any atom is -0.872 e. The fourth-order valence-electron chi connectivity index (χ4n) is 3.17. The molecular formula is C19H15NaO5. The minimum atomic E-state index is -0.660. The molecule has 0 amide bonds. The van der Waals surface area contributed by atoms with Gasteiger partial charge in [0, 0.05) is 28.6 Å². The number of ether oxygens (including phenoxy) is 2. The largest absolute Gasteiger partial charge is 1.00 e. The standard InChI is InChI=1S/C19H16O5.Na/c1-19(2)14-6-10(22-3)4-5-11(14)12-7-13-15(20)8-18(21)23-16(13)9-17(12)24-19;/h4-9,20H,1-3H3;/q;+1/p-1. The van der Waals surface area contributed by atoms with Crippen molar-refractivity contribution in [1.82, 2.24) is 0 Å². The average Bonchev–Trinajstić information content (AvgIpc) is 2.52. The normalized spacial score (nSPS) is 14.0. The number of fused-ring (bicyclic) bond motifs is 4. The first-order valence-electron chi connectivity index (χ1n) is 7.56. The van der Waals surface area contributed by atoms with Gasteiger partial charge in [-0.3, -0.25) is 0 Å². The Balaban J connectivity index is 0.00000182. The van der Waals surface area contributed by atoms with Crippen LogP contribution in [0.1, 0.15) is 19.4 Å². The molecule has 1 aromatic heterocycles. The van der Waals surface area contributed by atoms with Gasteiger partial charge in [-0.05, 0) is 37.6 Å². The first-order chi connectivity index (χ1) is 11.4. The van der Waals surface area contributed by atoms with Crippen molar-refractivity contribution in [3.63, 3.8) is 0 Å². The van der Waals surface area contributed by atoms with Gasteiger partial charge in [-0.1, -0.05) is 11.8 Å². The van der Waals surface area contributed by atoms with Crippen LogP contribution in [0.25, 0.3) is 22.1 Å². The zero-order chi connectivity index (χ0) is 17.1. The van der Waals surface area contributed by atoms with Crippen molar-refractivity contribution in [1.29, 1.82) is 0 Å². The van der Waals surface area contributed by atoms with Gasteiger partial charge in [0.05, 0.1) is 7.11 Å². The number of rotatable bonds is 1. The first-order valence-corrected chi connectivity index (χ1v) is 7.56. The molecule has 0 aliphatic carbocycles. The topological polar surface area (TPSA) is 71.7 Å². The summed E-state index contributed by atoms with van der Waals surface area (Å²) in [6.45, 7) is 3.91. The van der Waals surface area contributed by atoms with Gasteiger partial charge in [0.1, 0.15) is 22.7 Å². The van der Waals surface area contributed by atoms with Gasteiger partial charge in [-0.2, -0.15) is 0 Å². The van der Waals surface area contributed by atoms with Crippen LogP contribution in [0.2, 0.25) is 0 Å². The molecule has 0 saturated heterocycles. The molecule has 0 unspecified atom stereocenters. The fraction of sp³-hybridized carbons (Fsp3) is 0.211. The summed E-state index contributed by atoms with van der Waals surface area (Å²) in [7, 11) is 1.62. The molecule has 0 fully saturated rings. The van der Waals surface area contributed by atoms with Crippen molar-refractivity contribution in [2.24, 2.45) is 0 Å². The molecule has 0 bridgehead atoms. The first kappa shape index (κ1) is 17.9. The number of methoxy groups -OCH3 is 1. The molecule has 0 radical (unpaired) electrons. The van der Waals surface area contributed by atoms with E-state index in [0.29, 0.717) is 11.1 Å². The van der Waals surface area contributed by atoms with E-state index >= 15 is 0 Å². The molecule has 4 rings (SSSR count). The third-order valence-electron chi connectivity index (χ3n) is 4.34. The van der Waals surface area contributed by atoms with E-state index in [4.69, 9.17) is 13.9 Å². The van der Waals surface area contributed by atoms with Crippen molar-refractivity contribution < 1.29 is 48.6 Å². The Labute approximate surface area is 166 Å². The molecule has 2 aromatic carbocycles. The summed E-state index contributed by atoms with van der Waals surface area (Å²) in [6, 6.07) is 10.0. The Morgan fingerprint density at radius 1 is 1.08 bits per heavy atom. The predicted octanol–water partition coefficient (Wildman–Crippen LogP) is 0.174. The van der Waals surface area contributed by atoms with E-state index in [1.54, 1.807) is 19.2 Å². The molecule has 3 aromatic rings. The van der Waals surface area contributed by atoms with E-state index in [9.17, 15) is 9.90 Å². The van der Waals surface area contributed by atoms with Crippen molar-refractivity contribution in [2.45, 2.75) is 19.4 Å². The van der Waals surface area contributed by atoms with E-state index < -0.39 is 11.2 Å². The molecule has 0 spiro atoms. The van der Waals surface area contributed by atoms with Crippen molar-refractivity contribution in [2.75, 3.05) is 7.11 Å². The van der Waals surface area contributed by atoms with Crippen LogP contribution in [0.3, 0.4) is 0 Å². The molecule has 0 atom stereocenters. The van der Waals surface area contributed by atoms with Crippen LogP contribution in [-0.2, 0) is 5.60 Å². The quantitative estimate of drug-likeness (QED) is 0.464. The summed E-state index contributed by atoms with van der Waals surface area (Å²) in [5.74, 6) is 0.966. The van der Waals surface area contributed by atoms with E-state index in [-0.39, 0.29) is 40.9 Å². The maximum atomic E-state index is 12.1. The maximum absolute atomic E-state index is 12.1. The predicted molar refractivity (Wildman–Crippen MR) is 87.6 cm³/mol. The van der Waals surface area contributed by atoms with Gasteiger partial charge in [-0.15, -0.1) is 0 Å². The van der Waals surface area contributed by atoms with Crippen LogP contribution < -0.4 is 49.8 Å². The molecule has 1 aliphatic rings. The van der Waals surface area contributed by atoms with Crippen LogP contribution in [-0.4, -0.2) is 7.11 Å². The molecule has 5 nitrogen and oxygen atoms in total. The summed E-state index contributed by atoms with van der Waals surface area (Å²) in [4.78, 5) is 11.4. The second-order valence-corrected chi connectivity index (χ2v) is 6.30. The third-order valence-corrected chi connectivity index (χ3v) is 4.34. The van der Waals surface area contributed by atoms with Gasteiger partial charge >= 0.3 is 35.2 Å². The monoisotopic (exact) mass is 346 g/mol. The summed E-state index contributed by atoms with van der Waals surface area (Å²) in [5, 5.41) is 12.5. The Bertz CT molecular complexity index is 1040. The number of hydrogen-bond acceptors (Lipinski definition) is 5. The van der Waals surface area contributed by atoms with E-state index in [1.165, 1.54) is 0 Å². The van der Waals surface area contributed by atoms with Gasteiger partial charge in [0.15, 0.2) is 0 Å². The minimum absolute atomic E-state index is 0. The van der Waals surface area contributed by atoms with Crippen molar-refractivity contribution >= 4 is 11.0 Å². The molecule has 122 valence electrons. The van der Waals surface area contributed by atoms with Crippen LogP contribution in [0, 0.1) is 0 Å². The van der Waals surface area contributed by atoms with Gasteiger partial charge in [-0.25, -0.2) is 4.79 Å². The average molecular weight is 346 g/mol. The van der Waals surface area contributed by atoms with Crippen molar-refractivity contribution in [3.05, 3.63) is 52.4 Å². The van der Waals surface area contributed by atoms with Crippen LogP contribution in [0.15, 0.2) is 45.6 Å². The molecule has 25 heavy (non-hydrogen) atoms. The van der Waals surface area contributed by atoms with E-state index in [1.807, 2.05) is 32.0 Å². The maximum Gasteiger partial charge on any atom is 1.00 e. The zero-order valence-corrected chi connectivity index (χ0v) is 16.5. The smallest absolute Gasteiger partial charge is 0.872 e. The zero-order valence-electron chi connectivity index (χ0n) is 14.5. The van der Waals surface area contributed by atoms with E-state index in [0.717, 1.165) is 28.5 Å². The molecule has 2 heterocycles. The Hall–Kier alpha value is -1.95.